The van der Waals surface area contributed by atoms with E-state index in [1.54, 1.807) is 0 Å². The molecule has 1 N–H and O–H groups in total. The fraction of sp³-hybridized carbons (Fsp3) is 0.333. The van der Waals surface area contributed by atoms with Gasteiger partial charge < -0.3 is 14.8 Å². The minimum atomic E-state index is 0.163. The molecule has 1 heterocycles. The normalized spacial score (nSPS) is 14.4. The van der Waals surface area contributed by atoms with Crippen molar-refractivity contribution in [2.24, 2.45) is 0 Å². The molecule has 3 nitrogen and oxygen atoms in total. The van der Waals surface area contributed by atoms with Crippen LogP contribution in [0.1, 0.15) is 29.7 Å². The second kappa shape index (κ2) is 6.19. The number of hydrogen-bond acceptors (Lipinski definition) is 3. The van der Waals surface area contributed by atoms with Gasteiger partial charge >= 0.3 is 0 Å². The molecule has 1 unspecified atom stereocenters. The van der Waals surface area contributed by atoms with Crippen LogP contribution in [-0.2, 0) is 6.42 Å². The molecule has 0 spiro atoms. The van der Waals surface area contributed by atoms with Gasteiger partial charge in [-0.05, 0) is 48.9 Å². The summed E-state index contributed by atoms with van der Waals surface area (Å²) in [4.78, 5) is 0. The van der Waals surface area contributed by atoms with E-state index in [0.717, 1.165) is 24.5 Å². The highest BCUT2D eigenvalue weighted by molar-refractivity contribution is 5.44. The molecular formula is C18H21NO2. The molecule has 0 bridgehead atoms. The molecule has 3 rings (SSSR count). The summed E-state index contributed by atoms with van der Waals surface area (Å²) in [6.07, 6.45) is 0.999. The summed E-state index contributed by atoms with van der Waals surface area (Å²) >= 11 is 0. The zero-order valence-corrected chi connectivity index (χ0v) is 12.6. The second-order valence-corrected chi connectivity index (χ2v) is 5.19. The van der Waals surface area contributed by atoms with Crippen LogP contribution in [0.4, 0.5) is 0 Å². The van der Waals surface area contributed by atoms with Crippen LogP contribution in [0.2, 0.25) is 0 Å². The van der Waals surface area contributed by atoms with Crippen LogP contribution in [0, 0.1) is 0 Å². The number of benzene rings is 2. The monoisotopic (exact) mass is 283 g/mol. The van der Waals surface area contributed by atoms with Crippen molar-refractivity contribution in [3.05, 3.63) is 59.2 Å². The SMILES string of the molecule is CCOc1cccc(C(NC)c2ccc3c(c2)CCO3)c1. The molecule has 1 aliphatic heterocycles. The largest absolute Gasteiger partial charge is 0.494 e. The van der Waals surface area contributed by atoms with Crippen molar-refractivity contribution in [3.63, 3.8) is 0 Å². The highest BCUT2D eigenvalue weighted by atomic mass is 16.5. The van der Waals surface area contributed by atoms with Gasteiger partial charge in [-0.15, -0.1) is 0 Å². The summed E-state index contributed by atoms with van der Waals surface area (Å²) in [5.74, 6) is 1.94. The molecule has 21 heavy (non-hydrogen) atoms. The quantitative estimate of drug-likeness (QED) is 0.913. The van der Waals surface area contributed by atoms with Gasteiger partial charge in [-0.3, -0.25) is 0 Å². The van der Waals surface area contributed by atoms with E-state index < -0.39 is 0 Å². The highest BCUT2D eigenvalue weighted by Crippen LogP contribution is 2.31. The summed E-state index contributed by atoms with van der Waals surface area (Å²) in [6.45, 7) is 3.48. The van der Waals surface area contributed by atoms with Crippen LogP contribution < -0.4 is 14.8 Å². The van der Waals surface area contributed by atoms with Crippen LogP contribution >= 0.6 is 0 Å². The van der Waals surface area contributed by atoms with Gasteiger partial charge in [0.2, 0.25) is 0 Å². The minimum absolute atomic E-state index is 0.163. The van der Waals surface area contributed by atoms with Gasteiger partial charge in [-0.1, -0.05) is 24.3 Å². The lowest BCUT2D eigenvalue weighted by Crippen LogP contribution is -2.17. The summed E-state index contributed by atoms with van der Waals surface area (Å²) in [5, 5.41) is 3.40. The van der Waals surface area contributed by atoms with E-state index in [1.807, 2.05) is 26.1 Å². The fourth-order valence-corrected chi connectivity index (χ4v) is 2.86. The topological polar surface area (TPSA) is 30.5 Å². The Kier molecular flexibility index (Phi) is 4.11. The molecule has 1 aliphatic rings. The van der Waals surface area contributed by atoms with Crippen molar-refractivity contribution in [3.8, 4) is 11.5 Å². The number of fused-ring (bicyclic) bond motifs is 1. The predicted molar refractivity (Wildman–Crippen MR) is 84.2 cm³/mol. The number of hydrogen-bond donors (Lipinski definition) is 1. The molecule has 2 aromatic rings. The van der Waals surface area contributed by atoms with Crippen molar-refractivity contribution in [1.29, 1.82) is 0 Å². The van der Waals surface area contributed by atoms with Crippen molar-refractivity contribution in [1.82, 2.24) is 5.32 Å². The second-order valence-electron chi connectivity index (χ2n) is 5.19. The molecule has 0 saturated heterocycles. The van der Waals surface area contributed by atoms with Gasteiger partial charge in [0.05, 0.1) is 19.3 Å². The van der Waals surface area contributed by atoms with E-state index in [0.29, 0.717) is 6.61 Å². The van der Waals surface area contributed by atoms with Gasteiger partial charge in [0.15, 0.2) is 0 Å². The molecule has 0 fully saturated rings. The Morgan fingerprint density at radius 3 is 2.86 bits per heavy atom. The van der Waals surface area contributed by atoms with Crippen molar-refractivity contribution < 1.29 is 9.47 Å². The molecule has 0 radical (unpaired) electrons. The first-order valence-electron chi connectivity index (χ1n) is 7.47. The molecule has 2 aromatic carbocycles. The smallest absolute Gasteiger partial charge is 0.122 e. The average molecular weight is 283 g/mol. The van der Waals surface area contributed by atoms with E-state index in [9.17, 15) is 0 Å². The molecule has 0 saturated carbocycles. The minimum Gasteiger partial charge on any atom is -0.494 e. The lowest BCUT2D eigenvalue weighted by Gasteiger charge is -2.19. The Morgan fingerprint density at radius 1 is 1.19 bits per heavy atom. The van der Waals surface area contributed by atoms with E-state index >= 15 is 0 Å². The van der Waals surface area contributed by atoms with Gasteiger partial charge in [-0.25, -0.2) is 0 Å². The molecular weight excluding hydrogens is 262 g/mol. The summed E-state index contributed by atoms with van der Waals surface area (Å²) in [5.41, 5.74) is 3.77. The lowest BCUT2D eigenvalue weighted by molar-refractivity contribution is 0.339. The molecule has 1 atom stereocenters. The van der Waals surface area contributed by atoms with Crippen LogP contribution in [0.5, 0.6) is 11.5 Å². The van der Waals surface area contributed by atoms with E-state index in [1.165, 1.54) is 16.7 Å². The third kappa shape index (κ3) is 2.88. The predicted octanol–water partition coefficient (Wildman–Crippen LogP) is 3.33. The first-order valence-corrected chi connectivity index (χ1v) is 7.47. The molecule has 0 aromatic heterocycles. The Morgan fingerprint density at radius 2 is 2.05 bits per heavy atom. The number of rotatable bonds is 5. The average Bonchev–Trinajstić information content (AvgIpc) is 2.96. The molecule has 0 aliphatic carbocycles. The Bertz CT molecular complexity index is 624. The molecule has 0 amide bonds. The first kappa shape index (κ1) is 14.0. The van der Waals surface area contributed by atoms with Crippen LogP contribution in [-0.4, -0.2) is 20.3 Å². The third-order valence-electron chi connectivity index (χ3n) is 3.84. The van der Waals surface area contributed by atoms with Gasteiger partial charge in [0.1, 0.15) is 11.5 Å². The number of nitrogens with one attached hydrogen (secondary N) is 1. The maximum absolute atomic E-state index is 5.60. The zero-order chi connectivity index (χ0) is 14.7. The Balaban J connectivity index is 1.92. The standard InChI is InChI=1S/C18H21NO2/c1-3-20-16-6-4-5-14(12-16)18(19-2)15-7-8-17-13(11-15)9-10-21-17/h4-8,11-12,18-19H,3,9-10H2,1-2H3. The lowest BCUT2D eigenvalue weighted by atomic mass is 9.96. The fourth-order valence-electron chi connectivity index (χ4n) is 2.86. The summed E-state index contributed by atoms with van der Waals surface area (Å²) in [6, 6.07) is 14.9. The molecule has 110 valence electrons. The maximum atomic E-state index is 5.60. The van der Waals surface area contributed by atoms with Crippen LogP contribution in [0.3, 0.4) is 0 Å². The highest BCUT2D eigenvalue weighted by Gasteiger charge is 2.17. The first-order chi connectivity index (χ1) is 10.3. The Labute approximate surface area is 125 Å². The Hall–Kier alpha value is -2.00. The van der Waals surface area contributed by atoms with Gasteiger partial charge in [0.25, 0.3) is 0 Å². The van der Waals surface area contributed by atoms with E-state index in [4.69, 9.17) is 9.47 Å². The van der Waals surface area contributed by atoms with E-state index in [-0.39, 0.29) is 6.04 Å². The number of ether oxygens (including phenoxy) is 2. The summed E-state index contributed by atoms with van der Waals surface area (Å²) in [7, 11) is 1.99. The molecule has 3 heteroatoms. The van der Waals surface area contributed by atoms with Crippen molar-refractivity contribution >= 4 is 0 Å². The van der Waals surface area contributed by atoms with Crippen molar-refractivity contribution in [2.45, 2.75) is 19.4 Å². The van der Waals surface area contributed by atoms with Gasteiger partial charge in [0, 0.05) is 6.42 Å². The maximum Gasteiger partial charge on any atom is 0.122 e. The third-order valence-corrected chi connectivity index (χ3v) is 3.84. The van der Waals surface area contributed by atoms with Crippen molar-refractivity contribution in [2.75, 3.05) is 20.3 Å². The van der Waals surface area contributed by atoms with E-state index in [2.05, 4.69) is 35.6 Å². The van der Waals surface area contributed by atoms with Gasteiger partial charge in [-0.2, -0.15) is 0 Å². The zero-order valence-electron chi connectivity index (χ0n) is 12.6. The van der Waals surface area contributed by atoms with Crippen LogP contribution in [0.25, 0.3) is 0 Å². The summed E-state index contributed by atoms with van der Waals surface area (Å²) < 4.78 is 11.2. The van der Waals surface area contributed by atoms with Crippen LogP contribution in [0.15, 0.2) is 42.5 Å².